The van der Waals surface area contributed by atoms with Gasteiger partial charge < -0.3 is 5.32 Å². The summed E-state index contributed by atoms with van der Waals surface area (Å²) in [5.74, 6) is 1.73. The first-order chi connectivity index (χ1) is 8.04. The maximum Gasteiger partial charge on any atom is 0.0738 e. The van der Waals surface area contributed by atoms with Crippen LogP contribution in [-0.4, -0.2) is 22.4 Å². The maximum absolute atomic E-state index is 4.46. The van der Waals surface area contributed by atoms with Crippen LogP contribution in [0, 0.1) is 18.8 Å². The van der Waals surface area contributed by atoms with Crippen molar-refractivity contribution >= 4 is 15.9 Å². The average molecular weight is 300 g/mol. The zero-order chi connectivity index (χ0) is 12.6. The number of hydrogen-bond acceptors (Lipinski definition) is 2. The zero-order valence-corrected chi connectivity index (χ0v) is 12.7. The molecule has 3 nitrogen and oxygen atoms in total. The highest BCUT2D eigenvalue weighted by atomic mass is 79.9. The Morgan fingerprint density at radius 3 is 2.65 bits per heavy atom. The summed E-state index contributed by atoms with van der Waals surface area (Å²) in [6.45, 7) is 7.63. The van der Waals surface area contributed by atoms with Crippen LogP contribution in [0.4, 0.5) is 0 Å². The molecule has 0 amide bonds. The summed E-state index contributed by atoms with van der Waals surface area (Å²) in [6.07, 6.45) is 2.44. The minimum atomic E-state index is 0.598. The first-order valence-corrected chi connectivity index (χ1v) is 7.25. The molecule has 0 saturated heterocycles. The molecule has 0 radical (unpaired) electrons. The summed E-state index contributed by atoms with van der Waals surface area (Å²) in [5, 5.41) is 8.09. The van der Waals surface area contributed by atoms with Gasteiger partial charge in [0.25, 0.3) is 0 Å². The second kappa shape index (κ2) is 5.11. The predicted octanol–water partition coefficient (Wildman–Crippen LogP) is 2.67. The molecule has 1 fully saturated rings. The molecule has 0 aliphatic heterocycles. The van der Waals surface area contributed by atoms with Gasteiger partial charge in [0.15, 0.2) is 0 Å². The summed E-state index contributed by atoms with van der Waals surface area (Å²) >= 11 is 3.65. The van der Waals surface area contributed by atoms with Crippen molar-refractivity contribution < 1.29 is 0 Å². The number of aryl methyl sites for hydroxylation is 2. The standard InChI is InChI=1S/C13H22BrN3/c1-5-15-11(10-6-8(10)2)7-12-13(14)9(3)16-17(12)4/h8,10-11,15H,5-7H2,1-4H3. The van der Waals surface area contributed by atoms with E-state index in [1.54, 1.807) is 0 Å². The number of hydrogen-bond donors (Lipinski definition) is 1. The van der Waals surface area contributed by atoms with Gasteiger partial charge in [0.2, 0.25) is 0 Å². The Hall–Kier alpha value is -0.350. The topological polar surface area (TPSA) is 29.9 Å². The Labute approximate surface area is 112 Å². The minimum Gasteiger partial charge on any atom is -0.314 e. The van der Waals surface area contributed by atoms with Crippen LogP contribution >= 0.6 is 15.9 Å². The molecule has 0 spiro atoms. The molecule has 1 aromatic rings. The Balaban J connectivity index is 2.11. The fraction of sp³-hybridized carbons (Fsp3) is 0.769. The highest BCUT2D eigenvalue weighted by Gasteiger charge is 2.39. The Bertz CT molecular complexity index is 400. The van der Waals surface area contributed by atoms with Crippen LogP contribution < -0.4 is 5.32 Å². The van der Waals surface area contributed by atoms with Crippen molar-refractivity contribution in [1.82, 2.24) is 15.1 Å². The quantitative estimate of drug-likeness (QED) is 0.906. The van der Waals surface area contributed by atoms with Crippen molar-refractivity contribution in [2.24, 2.45) is 18.9 Å². The summed E-state index contributed by atoms with van der Waals surface area (Å²) in [4.78, 5) is 0. The lowest BCUT2D eigenvalue weighted by atomic mass is 10.0. The number of rotatable bonds is 5. The molecule has 4 heteroatoms. The molecular weight excluding hydrogens is 278 g/mol. The van der Waals surface area contributed by atoms with E-state index in [1.165, 1.54) is 16.6 Å². The first kappa shape index (κ1) is 13.1. The Morgan fingerprint density at radius 1 is 1.59 bits per heavy atom. The van der Waals surface area contributed by atoms with Gasteiger partial charge in [0, 0.05) is 19.5 Å². The van der Waals surface area contributed by atoms with E-state index in [-0.39, 0.29) is 0 Å². The van der Waals surface area contributed by atoms with Gasteiger partial charge in [-0.3, -0.25) is 4.68 Å². The van der Waals surface area contributed by atoms with Crippen molar-refractivity contribution in [3.05, 3.63) is 15.9 Å². The lowest BCUT2D eigenvalue weighted by Gasteiger charge is -2.18. The molecule has 3 unspecified atom stereocenters. The lowest BCUT2D eigenvalue weighted by Crippen LogP contribution is -2.34. The third-order valence-corrected chi connectivity index (χ3v) is 4.86. The van der Waals surface area contributed by atoms with Gasteiger partial charge in [-0.1, -0.05) is 13.8 Å². The summed E-state index contributed by atoms with van der Waals surface area (Å²) in [6, 6.07) is 0.598. The average Bonchev–Trinajstić information content (AvgIpc) is 2.94. The molecule has 1 heterocycles. The van der Waals surface area contributed by atoms with Gasteiger partial charge in [-0.05, 0) is 47.7 Å². The summed E-state index contributed by atoms with van der Waals surface area (Å²) < 4.78 is 3.19. The van der Waals surface area contributed by atoms with Gasteiger partial charge in [-0.25, -0.2) is 0 Å². The molecule has 0 bridgehead atoms. The lowest BCUT2D eigenvalue weighted by molar-refractivity contribution is 0.443. The van der Waals surface area contributed by atoms with Crippen molar-refractivity contribution in [1.29, 1.82) is 0 Å². The first-order valence-electron chi connectivity index (χ1n) is 6.46. The van der Waals surface area contributed by atoms with Gasteiger partial charge in [0.1, 0.15) is 0 Å². The number of likely N-dealkylation sites (N-methyl/N-ethyl adjacent to an activating group) is 1. The van der Waals surface area contributed by atoms with Gasteiger partial charge in [-0.15, -0.1) is 0 Å². The number of halogens is 1. The number of nitrogens with zero attached hydrogens (tertiary/aromatic N) is 2. The molecule has 1 saturated carbocycles. The third kappa shape index (κ3) is 2.74. The highest BCUT2D eigenvalue weighted by Crippen LogP contribution is 2.42. The van der Waals surface area contributed by atoms with Crippen molar-refractivity contribution in [2.45, 2.75) is 39.7 Å². The Morgan fingerprint density at radius 2 is 2.24 bits per heavy atom. The molecule has 3 atom stereocenters. The molecule has 2 rings (SSSR count). The molecule has 1 aromatic heterocycles. The normalized spacial score (nSPS) is 25.0. The molecule has 17 heavy (non-hydrogen) atoms. The van der Waals surface area contributed by atoms with Gasteiger partial charge in [0.05, 0.1) is 15.9 Å². The van der Waals surface area contributed by atoms with Crippen LogP contribution in [0.25, 0.3) is 0 Å². The fourth-order valence-corrected chi connectivity index (χ4v) is 3.16. The van der Waals surface area contributed by atoms with E-state index in [0.29, 0.717) is 6.04 Å². The van der Waals surface area contributed by atoms with Crippen LogP contribution in [-0.2, 0) is 13.5 Å². The second-order valence-corrected chi connectivity index (χ2v) is 6.01. The fourth-order valence-electron chi connectivity index (χ4n) is 2.66. The van der Waals surface area contributed by atoms with Crippen LogP contribution in [0.3, 0.4) is 0 Å². The molecule has 1 aliphatic carbocycles. The SMILES string of the molecule is CCNC(Cc1c(Br)c(C)nn1C)C1CC1C. The minimum absolute atomic E-state index is 0.598. The van der Waals surface area contributed by atoms with E-state index in [9.17, 15) is 0 Å². The number of aromatic nitrogens is 2. The van der Waals surface area contributed by atoms with Crippen LogP contribution in [0.5, 0.6) is 0 Å². The highest BCUT2D eigenvalue weighted by molar-refractivity contribution is 9.10. The summed E-state index contributed by atoms with van der Waals surface area (Å²) in [7, 11) is 2.03. The molecule has 1 N–H and O–H groups in total. The monoisotopic (exact) mass is 299 g/mol. The maximum atomic E-state index is 4.46. The van der Waals surface area contributed by atoms with Gasteiger partial charge >= 0.3 is 0 Å². The van der Waals surface area contributed by atoms with E-state index in [2.05, 4.69) is 47.1 Å². The largest absolute Gasteiger partial charge is 0.314 e. The van der Waals surface area contributed by atoms with Crippen molar-refractivity contribution in [2.75, 3.05) is 6.54 Å². The number of nitrogens with one attached hydrogen (secondary N) is 1. The second-order valence-electron chi connectivity index (χ2n) is 5.21. The molecule has 96 valence electrons. The van der Waals surface area contributed by atoms with Crippen LogP contribution in [0.2, 0.25) is 0 Å². The van der Waals surface area contributed by atoms with Gasteiger partial charge in [-0.2, -0.15) is 5.10 Å². The van der Waals surface area contributed by atoms with E-state index in [4.69, 9.17) is 0 Å². The van der Waals surface area contributed by atoms with E-state index >= 15 is 0 Å². The smallest absolute Gasteiger partial charge is 0.0738 e. The van der Waals surface area contributed by atoms with Crippen LogP contribution in [0.1, 0.15) is 31.7 Å². The van der Waals surface area contributed by atoms with Crippen molar-refractivity contribution in [3.63, 3.8) is 0 Å². The van der Waals surface area contributed by atoms with Crippen LogP contribution in [0.15, 0.2) is 4.47 Å². The molecule has 0 aromatic carbocycles. The predicted molar refractivity (Wildman–Crippen MR) is 74.1 cm³/mol. The zero-order valence-electron chi connectivity index (χ0n) is 11.1. The molecule has 1 aliphatic rings. The third-order valence-electron chi connectivity index (χ3n) is 3.83. The Kier molecular flexibility index (Phi) is 3.93. The van der Waals surface area contributed by atoms with E-state index < -0.39 is 0 Å². The summed E-state index contributed by atoms with van der Waals surface area (Å²) in [5.41, 5.74) is 2.40. The van der Waals surface area contributed by atoms with E-state index in [0.717, 1.165) is 30.5 Å². The van der Waals surface area contributed by atoms with E-state index in [1.807, 2.05) is 11.7 Å². The van der Waals surface area contributed by atoms with Crippen molar-refractivity contribution in [3.8, 4) is 0 Å². The molecular formula is C13H22BrN3.